The molecule has 0 aliphatic rings. The highest BCUT2D eigenvalue weighted by atomic mass is 32.2. The number of amides is 2. The average Bonchev–Trinajstić information content (AvgIpc) is 2.97. The van der Waals surface area contributed by atoms with Gasteiger partial charge in [-0.25, -0.2) is 8.42 Å². The molecule has 0 bridgehead atoms. The van der Waals surface area contributed by atoms with Gasteiger partial charge in [0.2, 0.25) is 11.8 Å². The summed E-state index contributed by atoms with van der Waals surface area (Å²) in [5.74, 6) is -0.283. The van der Waals surface area contributed by atoms with Crippen LogP contribution in [0.4, 0.5) is 11.4 Å². The Morgan fingerprint density at radius 1 is 0.976 bits per heavy atom. The van der Waals surface area contributed by atoms with Crippen molar-refractivity contribution in [3.63, 3.8) is 0 Å². The molecule has 0 saturated heterocycles. The van der Waals surface area contributed by atoms with Crippen LogP contribution >= 0.6 is 0 Å². The van der Waals surface area contributed by atoms with Gasteiger partial charge in [0.15, 0.2) is 0 Å². The lowest BCUT2D eigenvalue weighted by Crippen LogP contribution is -2.51. The third-order valence-corrected chi connectivity index (χ3v) is 8.09. The van der Waals surface area contributed by atoms with E-state index in [2.05, 4.69) is 5.32 Å². The number of carbonyl (C=O) groups excluding carboxylic acids is 2. The van der Waals surface area contributed by atoms with Crippen LogP contribution in [0, 0.1) is 16.0 Å². The number of benzene rings is 3. The van der Waals surface area contributed by atoms with E-state index in [1.165, 1.54) is 48.4 Å². The van der Waals surface area contributed by atoms with Crippen molar-refractivity contribution in [1.82, 2.24) is 10.2 Å². The van der Waals surface area contributed by atoms with E-state index in [0.717, 1.165) is 4.31 Å². The Labute approximate surface area is 239 Å². The van der Waals surface area contributed by atoms with Crippen molar-refractivity contribution in [2.24, 2.45) is 5.92 Å². The van der Waals surface area contributed by atoms with Gasteiger partial charge in [-0.1, -0.05) is 44.2 Å². The Kier molecular flexibility index (Phi) is 10.4. The maximum absolute atomic E-state index is 13.9. The molecule has 218 valence electrons. The molecule has 12 heteroatoms. The molecule has 11 nitrogen and oxygen atoms in total. The number of nitrogens with one attached hydrogen (secondary N) is 1. The Hall–Kier alpha value is -4.45. The average molecular weight is 583 g/mol. The molecule has 3 aromatic rings. The second kappa shape index (κ2) is 13.8. The summed E-state index contributed by atoms with van der Waals surface area (Å²) < 4.78 is 33.7. The minimum absolute atomic E-state index is 0.00574. The molecule has 41 heavy (non-hydrogen) atoms. The van der Waals surface area contributed by atoms with Gasteiger partial charge in [0, 0.05) is 25.2 Å². The van der Waals surface area contributed by atoms with E-state index >= 15 is 0 Å². The number of rotatable bonds is 13. The number of carbonyl (C=O) groups is 2. The summed E-state index contributed by atoms with van der Waals surface area (Å²) in [4.78, 5) is 38.8. The molecular weight excluding hydrogens is 548 g/mol. The van der Waals surface area contributed by atoms with Crippen LogP contribution in [0.15, 0.2) is 83.8 Å². The van der Waals surface area contributed by atoms with Gasteiger partial charge >= 0.3 is 0 Å². The monoisotopic (exact) mass is 582 g/mol. The molecule has 0 fully saturated rings. The molecular formula is C29H34N4O7S. The van der Waals surface area contributed by atoms with Gasteiger partial charge in [-0.2, -0.15) is 0 Å². The molecule has 1 atom stereocenters. The summed E-state index contributed by atoms with van der Waals surface area (Å²) >= 11 is 0. The maximum Gasteiger partial charge on any atom is 0.269 e. The highest BCUT2D eigenvalue weighted by Crippen LogP contribution is 2.26. The first kappa shape index (κ1) is 31.1. The number of sulfonamides is 1. The maximum atomic E-state index is 13.9. The number of methoxy groups -OCH3 is 1. The predicted molar refractivity (Wildman–Crippen MR) is 155 cm³/mol. The van der Waals surface area contributed by atoms with Crippen LogP contribution in [0.3, 0.4) is 0 Å². The third kappa shape index (κ3) is 8.04. The smallest absolute Gasteiger partial charge is 0.269 e. The van der Waals surface area contributed by atoms with Gasteiger partial charge in [0.25, 0.3) is 15.7 Å². The summed E-state index contributed by atoms with van der Waals surface area (Å²) in [7, 11) is -2.76. The van der Waals surface area contributed by atoms with Crippen molar-refractivity contribution >= 4 is 33.2 Å². The summed E-state index contributed by atoms with van der Waals surface area (Å²) in [6, 6.07) is 18.5. The molecule has 0 aliphatic carbocycles. The van der Waals surface area contributed by atoms with Crippen LogP contribution in [0.5, 0.6) is 5.75 Å². The Bertz CT molecular complexity index is 1460. The molecule has 3 aromatic carbocycles. The van der Waals surface area contributed by atoms with Crippen molar-refractivity contribution in [2.75, 3.05) is 24.5 Å². The third-order valence-electron chi connectivity index (χ3n) is 6.30. The van der Waals surface area contributed by atoms with Gasteiger partial charge in [-0.3, -0.25) is 24.0 Å². The van der Waals surface area contributed by atoms with Crippen LogP contribution in [-0.2, 0) is 26.2 Å². The van der Waals surface area contributed by atoms with Crippen LogP contribution in [0.25, 0.3) is 0 Å². The first-order valence-corrected chi connectivity index (χ1v) is 14.4. The van der Waals surface area contributed by atoms with E-state index < -0.39 is 33.4 Å². The zero-order valence-corrected chi connectivity index (χ0v) is 24.2. The van der Waals surface area contributed by atoms with Gasteiger partial charge in [-0.15, -0.1) is 0 Å². The molecule has 0 aromatic heterocycles. The molecule has 0 spiro atoms. The highest BCUT2D eigenvalue weighted by molar-refractivity contribution is 7.92. The Morgan fingerprint density at radius 3 is 2.22 bits per heavy atom. The Morgan fingerprint density at radius 2 is 1.63 bits per heavy atom. The highest BCUT2D eigenvalue weighted by Gasteiger charge is 2.32. The van der Waals surface area contributed by atoms with E-state index in [1.54, 1.807) is 49.4 Å². The molecule has 0 unspecified atom stereocenters. The van der Waals surface area contributed by atoms with Crippen molar-refractivity contribution in [3.05, 3.63) is 94.5 Å². The summed E-state index contributed by atoms with van der Waals surface area (Å²) in [6.07, 6.45) is 0. The topological polar surface area (TPSA) is 139 Å². The fourth-order valence-electron chi connectivity index (χ4n) is 3.99. The number of nitro groups is 1. The number of ether oxygens (including phenoxy) is 1. The zero-order chi connectivity index (χ0) is 30.2. The van der Waals surface area contributed by atoms with Crippen molar-refractivity contribution in [2.45, 2.75) is 38.3 Å². The molecule has 0 radical (unpaired) electrons. The number of nitrogens with zero attached hydrogens (tertiary/aromatic N) is 3. The second-order valence-electron chi connectivity index (χ2n) is 9.79. The molecule has 1 N–H and O–H groups in total. The van der Waals surface area contributed by atoms with Crippen molar-refractivity contribution in [1.29, 1.82) is 0 Å². The molecule has 0 saturated carbocycles. The lowest BCUT2D eigenvalue weighted by molar-refractivity contribution is -0.384. The van der Waals surface area contributed by atoms with Crippen molar-refractivity contribution in [3.8, 4) is 5.75 Å². The first-order valence-electron chi connectivity index (χ1n) is 13.0. The number of anilines is 1. The van der Waals surface area contributed by atoms with E-state index in [0.29, 0.717) is 17.9 Å². The van der Waals surface area contributed by atoms with E-state index in [1.807, 2.05) is 13.8 Å². The van der Waals surface area contributed by atoms with Gasteiger partial charge in [-0.05, 0) is 54.8 Å². The SMILES string of the molecule is COc1cccc(CN(C(=O)CN(c2ccc([N+](=O)[O-])cc2)S(=O)(=O)c2ccccc2)[C@H](C)C(=O)NCC(C)C)c1. The van der Waals surface area contributed by atoms with Crippen LogP contribution in [0.2, 0.25) is 0 Å². The Balaban J connectivity index is 2.03. The second-order valence-corrected chi connectivity index (χ2v) is 11.6. The fourth-order valence-corrected chi connectivity index (χ4v) is 5.43. The minimum atomic E-state index is -4.27. The van der Waals surface area contributed by atoms with E-state index in [-0.39, 0.29) is 34.6 Å². The normalized spacial score (nSPS) is 11.9. The standard InChI is InChI=1S/C29H34N4O7S/c1-21(2)18-30-29(35)22(3)31(19-23-9-8-10-26(17-23)40-4)28(34)20-32(24-13-15-25(16-14-24)33(36)37)41(38,39)27-11-6-5-7-12-27/h5-17,21-22H,18-20H2,1-4H3,(H,30,35)/t22-/m1/s1. The number of non-ortho nitro benzene ring substituents is 1. The van der Waals surface area contributed by atoms with Gasteiger partial charge in [0.05, 0.1) is 22.6 Å². The van der Waals surface area contributed by atoms with Crippen LogP contribution in [-0.4, -0.2) is 56.3 Å². The quantitative estimate of drug-likeness (QED) is 0.237. The van der Waals surface area contributed by atoms with Crippen molar-refractivity contribution < 1.29 is 27.7 Å². The van der Waals surface area contributed by atoms with Gasteiger partial charge < -0.3 is 15.0 Å². The predicted octanol–water partition coefficient (Wildman–Crippen LogP) is 3.99. The van der Waals surface area contributed by atoms with Crippen LogP contribution in [0.1, 0.15) is 26.3 Å². The fraction of sp³-hybridized carbons (Fsp3) is 0.310. The summed E-state index contributed by atoms with van der Waals surface area (Å²) in [6.45, 7) is 5.23. The number of nitro benzene ring substituents is 1. The van der Waals surface area contributed by atoms with E-state index in [9.17, 15) is 28.1 Å². The molecule has 0 aliphatic heterocycles. The first-order chi connectivity index (χ1) is 19.4. The summed E-state index contributed by atoms with van der Waals surface area (Å²) in [5.41, 5.74) is 0.507. The largest absolute Gasteiger partial charge is 0.497 e. The molecule has 0 heterocycles. The lowest BCUT2D eigenvalue weighted by Gasteiger charge is -2.32. The zero-order valence-electron chi connectivity index (χ0n) is 23.4. The van der Waals surface area contributed by atoms with E-state index in [4.69, 9.17) is 4.74 Å². The molecule has 2 amide bonds. The minimum Gasteiger partial charge on any atom is -0.497 e. The molecule has 3 rings (SSSR count). The van der Waals surface area contributed by atoms with Gasteiger partial charge in [0.1, 0.15) is 18.3 Å². The lowest BCUT2D eigenvalue weighted by atomic mass is 10.1. The van der Waals surface area contributed by atoms with Crippen LogP contribution < -0.4 is 14.4 Å². The summed E-state index contributed by atoms with van der Waals surface area (Å²) in [5, 5.41) is 14.0. The number of hydrogen-bond donors (Lipinski definition) is 1. The number of hydrogen-bond acceptors (Lipinski definition) is 7.